The van der Waals surface area contributed by atoms with Gasteiger partial charge in [-0.05, 0) is 19.8 Å². The molecule has 86 valence electrons. The first-order chi connectivity index (χ1) is 7.16. The van der Waals surface area contributed by atoms with Crippen molar-refractivity contribution in [3.8, 4) is 0 Å². The van der Waals surface area contributed by atoms with Crippen LogP contribution in [0.5, 0.6) is 0 Å². The maximum Gasteiger partial charge on any atom is 0.233 e. The first-order valence-corrected chi connectivity index (χ1v) is 5.43. The first-order valence-electron chi connectivity index (χ1n) is 5.43. The van der Waals surface area contributed by atoms with Crippen LogP contribution in [0.2, 0.25) is 0 Å². The minimum Gasteiger partial charge on any atom is -0.409 e. The topological polar surface area (TPSA) is 78.9 Å². The average molecular weight is 213 g/mol. The van der Waals surface area contributed by atoms with E-state index in [9.17, 15) is 4.79 Å². The lowest BCUT2D eigenvalue weighted by Gasteiger charge is -2.23. The van der Waals surface area contributed by atoms with Crippen molar-refractivity contribution < 1.29 is 10.0 Å². The van der Waals surface area contributed by atoms with Crippen LogP contribution in [0.15, 0.2) is 5.16 Å². The van der Waals surface area contributed by atoms with Gasteiger partial charge in [0.2, 0.25) is 5.91 Å². The lowest BCUT2D eigenvalue weighted by atomic mass is 10.1. The summed E-state index contributed by atoms with van der Waals surface area (Å²) in [6.45, 7) is 3.26. The Labute approximate surface area is 89.9 Å². The summed E-state index contributed by atoms with van der Waals surface area (Å²) >= 11 is 0. The van der Waals surface area contributed by atoms with Crippen LogP contribution in [0.4, 0.5) is 0 Å². The van der Waals surface area contributed by atoms with Crippen molar-refractivity contribution in [2.75, 3.05) is 13.1 Å². The lowest BCUT2D eigenvalue weighted by molar-refractivity contribution is -0.132. The summed E-state index contributed by atoms with van der Waals surface area (Å²) in [5.41, 5.74) is 5.42. The molecule has 0 aromatic rings. The largest absolute Gasteiger partial charge is 0.409 e. The fourth-order valence-corrected chi connectivity index (χ4v) is 1.78. The second kappa shape index (κ2) is 5.58. The van der Waals surface area contributed by atoms with Crippen LogP contribution in [0.25, 0.3) is 0 Å². The molecule has 1 aliphatic heterocycles. The summed E-state index contributed by atoms with van der Waals surface area (Å²) in [4.78, 5) is 13.7. The van der Waals surface area contributed by atoms with Crippen LogP contribution in [-0.2, 0) is 4.79 Å². The summed E-state index contributed by atoms with van der Waals surface area (Å²) in [5, 5.41) is 11.4. The molecule has 15 heavy (non-hydrogen) atoms. The van der Waals surface area contributed by atoms with Crippen LogP contribution in [0.3, 0.4) is 0 Å². The van der Waals surface area contributed by atoms with Crippen molar-refractivity contribution in [2.45, 2.75) is 32.6 Å². The number of carbonyl (C=O) groups excluding carboxylic acids is 1. The summed E-state index contributed by atoms with van der Waals surface area (Å²) < 4.78 is 0. The molecule has 0 aromatic carbocycles. The van der Waals surface area contributed by atoms with E-state index < -0.39 is 5.92 Å². The third kappa shape index (κ3) is 3.11. The lowest BCUT2D eigenvalue weighted by Crippen LogP contribution is -2.41. The Morgan fingerprint density at radius 2 is 1.87 bits per heavy atom. The van der Waals surface area contributed by atoms with Gasteiger partial charge < -0.3 is 15.8 Å². The second-order valence-corrected chi connectivity index (χ2v) is 3.99. The van der Waals surface area contributed by atoms with Gasteiger partial charge in [0, 0.05) is 13.1 Å². The van der Waals surface area contributed by atoms with Crippen molar-refractivity contribution in [3.05, 3.63) is 0 Å². The van der Waals surface area contributed by atoms with Crippen molar-refractivity contribution in [3.63, 3.8) is 0 Å². The minimum atomic E-state index is -0.520. The highest BCUT2D eigenvalue weighted by atomic mass is 16.4. The van der Waals surface area contributed by atoms with Gasteiger partial charge >= 0.3 is 0 Å². The highest BCUT2D eigenvalue weighted by Crippen LogP contribution is 2.12. The third-order valence-electron chi connectivity index (χ3n) is 2.85. The van der Waals surface area contributed by atoms with Crippen molar-refractivity contribution >= 4 is 11.7 Å². The molecule has 1 amide bonds. The molecule has 0 spiro atoms. The SMILES string of the molecule is CC(C(=O)N1CCCCCC1)C(N)=NO. The number of nitrogens with zero attached hydrogens (tertiary/aromatic N) is 2. The van der Waals surface area contributed by atoms with E-state index in [0.29, 0.717) is 0 Å². The quantitative estimate of drug-likeness (QED) is 0.308. The highest BCUT2D eigenvalue weighted by Gasteiger charge is 2.24. The number of amides is 1. The number of carbonyl (C=O) groups is 1. The number of rotatable bonds is 2. The fourth-order valence-electron chi connectivity index (χ4n) is 1.78. The molecule has 0 aliphatic carbocycles. The maximum absolute atomic E-state index is 11.9. The molecule has 1 heterocycles. The summed E-state index contributed by atoms with van der Waals surface area (Å²) in [5.74, 6) is -0.565. The summed E-state index contributed by atoms with van der Waals surface area (Å²) in [6.07, 6.45) is 4.47. The van der Waals surface area contributed by atoms with Gasteiger partial charge in [0.15, 0.2) is 5.84 Å². The fraction of sp³-hybridized carbons (Fsp3) is 0.800. The highest BCUT2D eigenvalue weighted by molar-refractivity contribution is 6.01. The monoisotopic (exact) mass is 213 g/mol. The predicted molar refractivity (Wildman–Crippen MR) is 57.6 cm³/mol. The number of oxime groups is 1. The molecular formula is C10H19N3O2. The van der Waals surface area contributed by atoms with Crippen molar-refractivity contribution in [1.82, 2.24) is 4.90 Å². The van der Waals surface area contributed by atoms with Crippen LogP contribution in [0, 0.1) is 5.92 Å². The average Bonchev–Trinajstić information content (AvgIpc) is 2.54. The van der Waals surface area contributed by atoms with E-state index in [1.807, 2.05) is 4.90 Å². The van der Waals surface area contributed by atoms with Gasteiger partial charge in [-0.3, -0.25) is 4.79 Å². The zero-order valence-electron chi connectivity index (χ0n) is 9.15. The zero-order chi connectivity index (χ0) is 11.3. The Kier molecular flexibility index (Phi) is 4.39. The molecule has 5 heteroatoms. The zero-order valence-corrected chi connectivity index (χ0v) is 9.15. The van der Waals surface area contributed by atoms with E-state index >= 15 is 0 Å². The van der Waals surface area contributed by atoms with E-state index in [4.69, 9.17) is 10.9 Å². The van der Waals surface area contributed by atoms with E-state index in [1.165, 1.54) is 12.8 Å². The molecule has 0 radical (unpaired) electrons. The van der Waals surface area contributed by atoms with Gasteiger partial charge in [-0.1, -0.05) is 18.0 Å². The number of hydrogen-bond acceptors (Lipinski definition) is 3. The van der Waals surface area contributed by atoms with Crippen LogP contribution >= 0.6 is 0 Å². The maximum atomic E-state index is 11.9. The molecule has 1 atom stereocenters. The number of hydrogen-bond donors (Lipinski definition) is 2. The molecule has 0 aromatic heterocycles. The van der Waals surface area contributed by atoms with E-state index in [1.54, 1.807) is 6.92 Å². The van der Waals surface area contributed by atoms with Gasteiger partial charge in [0.05, 0.1) is 5.92 Å². The van der Waals surface area contributed by atoms with Gasteiger partial charge in [0.1, 0.15) is 0 Å². The molecule has 0 bridgehead atoms. The van der Waals surface area contributed by atoms with Crippen LogP contribution in [-0.4, -0.2) is 34.9 Å². The van der Waals surface area contributed by atoms with Gasteiger partial charge in [-0.15, -0.1) is 0 Å². The Bertz CT molecular complexity index is 245. The number of nitrogens with two attached hydrogens (primary N) is 1. The number of amidine groups is 1. The second-order valence-electron chi connectivity index (χ2n) is 3.99. The Morgan fingerprint density at radius 1 is 1.33 bits per heavy atom. The molecular weight excluding hydrogens is 194 g/mol. The Morgan fingerprint density at radius 3 is 2.33 bits per heavy atom. The van der Waals surface area contributed by atoms with E-state index in [0.717, 1.165) is 25.9 Å². The smallest absolute Gasteiger partial charge is 0.233 e. The predicted octanol–water partition coefficient (Wildman–Crippen LogP) is 0.772. The molecule has 1 unspecified atom stereocenters. The van der Waals surface area contributed by atoms with Crippen molar-refractivity contribution in [2.24, 2.45) is 16.8 Å². The molecule has 5 nitrogen and oxygen atoms in total. The molecule has 1 aliphatic rings. The minimum absolute atomic E-state index is 0.00996. The molecule has 0 saturated carbocycles. The Hall–Kier alpha value is -1.26. The van der Waals surface area contributed by atoms with Crippen molar-refractivity contribution in [1.29, 1.82) is 0 Å². The van der Waals surface area contributed by atoms with Gasteiger partial charge in [0.25, 0.3) is 0 Å². The summed E-state index contributed by atoms with van der Waals surface area (Å²) in [7, 11) is 0. The third-order valence-corrected chi connectivity index (χ3v) is 2.85. The normalized spacial score (nSPS) is 20.9. The molecule has 3 N–H and O–H groups in total. The van der Waals surface area contributed by atoms with Gasteiger partial charge in [-0.2, -0.15) is 0 Å². The first kappa shape index (κ1) is 11.8. The van der Waals surface area contributed by atoms with E-state index in [2.05, 4.69) is 5.16 Å². The van der Waals surface area contributed by atoms with E-state index in [-0.39, 0.29) is 11.7 Å². The Balaban J connectivity index is 2.57. The molecule has 1 saturated heterocycles. The molecule has 1 rings (SSSR count). The van der Waals surface area contributed by atoms with Crippen LogP contribution < -0.4 is 5.73 Å². The van der Waals surface area contributed by atoms with Crippen LogP contribution in [0.1, 0.15) is 32.6 Å². The van der Waals surface area contributed by atoms with Gasteiger partial charge in [-0.25, -0.2) is 0 Å². The molecule has 1 fully saturated rings. The number of likely N-dealkylation sites (tertiary alicyclic amines) is 1. The standard InChI is InChI=1S/C10H19N3O2/c1-8(9(11)12-15)10(14)13-6-4-2-3-5-7-13/h8,15H,2-7H2,1H3,(H2,11,12). The summed E-state index contributed by atoms with van der Waals surface area (Å²) in [6, 6.07) is 0.